The lowest BCUT2D eigenvalue weighted by atomic mass is 10.0. The Balaban J connectivity index is 1.94. The van der Waals surface area contributed by atoms with E-state index in [4.69, 9.17) is 4.74 Å². The molecule has 0 amide bonds. The molecule has 0 aliphatic carbocycles. The smallest absolute Gasteiger partial charge is 0.264 e. The van der Waals surface area contributed by atoms with Crippen molar-refractivity contribution in [1.82, 2.24) is 4.57 Å². The molecule has 0 spiro atoms. The van der Waals surface area contributed by atoms with Gasteiger partial charge in [0.15, 0.2) is 0 Å². The molecule has 0 N–H and O–H groups in total. The first-order valence-electron chi connectivity index (χ1n) is 5.92. The molecule has 3 nitrogen and oxygen atoms in total. The van der Waals surface area contributed by atoms with Crippen LogP contribution in [0.15, 0.2) is 50.3 Å². The number of hydrogen-bond donors (Lipinski definition) is 0. The molecular weight excluding hydrogens is 374 g/mol. The third kappa shape index (κ3) is 2.49. The van der Waals surface area contributed by atoms with E-state index in [1.165, 1.54) is 5.56 Å². The van der Waals surface area contributed by atoms with Crippen molar-refractivity contribution in [2.45, 2.75) is 12.5 Å². The van der Waals surface area contributed by atoms with Crippen molar-refractivity contribution in [3.8, 4) is 5.75 Å². The second-order valence-corrected chi connectivity index (χ2v) is 6.28. The van der Waals surface area contributed by atoms with Gasteiger partial charge >= 0.3 is 0 Å². The van der Waals surface area contributed by atoms with Crippen LogP contribution in [0.4, 0.5) is 0 Å². The molecule has 1 aromatic carbocycles. The van der Waals surface area contributed by atoms with Gasteiger partial charge in [-0.2, -0.15) is 0 Å². The molecular formula is C14H11Br2NO2. The van der Waals surface area contributed by atoms with Gasteiger partial charge in [-0.3, -0.25) is 4.79 Å². The number of hydrogen-bond acceptors (Lipinski definition) is 2. The van der Waals surface area contributed by atoms with Crippen LogP contribution in [0.5, 0.6) is 5.75 Å². The Bertz CT molecular complexity index is 681. The molecule has 19 heavy (non-hydrogen) atoms. The first kappa shape index (κ1) is 12.9. The molecule has 0 radical (unpaired) electrons. The predicted molar refractivity (Wildman–Crippen MR) is 80.8 cm³/mol. The summed E-state index contributed by atoms with van der Waals surface area (Å²) in [5.74, 6) is 1.14. The van der Waals surface area contributed by atoms with E-state index in [-0.39, 0.29) is 11.5 Å². The third-order valence-electron chi connectivity index (χ3n) is 3.22. The first-order valence-corrected chi connectivity index (χ1v) is 7.51. The van der Waals surface area contributed by atoms with Gasteiger partial charge in [-0.15, -0.1) is 0 Å². The van der Waals surface area contributed by atoms with Gasteiger partial charge in [0.2, 0.25) is 0 Å². The quantitative estimate of drug-likeness (QED) is 0.792. The van der Waals surface area contributed by atoms with Gasteiger partial charge in [0, 0.05) is 28.7 Å². The average molecular weight is 385 g/mol. The van der Waals surface area contributed by atoms with Gasteiger partial charge in [-0.05, 0) is 44.0 Å². The van der Waals surface area contributed by atoms with E-state index in [1.54, 1.807) is 10.6 Å². The third-order valence-corrected chi connectivity index (χ3v) is 4.23. The van der Waals surface area contributed by atoms with Crippen LogP contribution >= 0.6 is 31.9 Å². The molecule has 2 heterocycles. The molecule has 1 atom stereocenters. The van der Waals surface area contributed by atoms with Crippen LogP contribution in [0, 0.1) is 0 Å². The summed E-state index contributed by atoms with van der Waals surface area (Å²) >= 11 is 6.69. The van der Waals surface area contributed by atoms with Crippen LogP contribution in [0.1, 0.15) is 11.5 Å². The van der Waals surface area contributed by atoms with Crippen molar-refractivity contribution < 1.29 is 4.74 Å². The van der Waals surface area contributed by atoms with Crippen LogP contribution in [0.25, 0.3) is 0 Å². The molecule has 0 bridgehead atoms. The molecule has 1 aliphatic rings. The lowest BCUT2D eigenvalue weighted by Gasteiger charge is -2.12. The van der Waals surface area contributed by atoms with Crippen molar-refractivity contribution in [3.05, 3.63) is 61.4 Å². The van der Waals surface area contributed by atoms with E-state index < -0.39 is 0 Å². The predicted octanol–water partition coefficient (Wildman–Crippen LogP) is 3.55. The van der Waals surface area contributed by atoms with Crippen LogP contribution in [-0.4, -0.2) is 11.2 Å². The molecule has 1 unspecified atom stereocenters. The van der Waals surface area contributed by atoms with Gasteiger partial charge in [0.05, 0.1) is 11.1 Å². The summed E-state index contributed by atoms with van der Waals surface area (Å²) in [5, 5.41) is 0. The molecule has 98 valence electrons. The standard InChI is InChI=1S/C14H11Br2NO2/c15-10-5-12(16)14(18)17(7-10)6-9-8-19-13-4-2-1-3-11(9)13/h1-5,7,9H,6,8H2. The van der Waals surface area contributed by atoms with Crippen molar-refractivity contribution in [1.29, 1.82) is 0 Å². The van der Waals surface area contributed by atoms with E-state index in [9.17, 15) is 4.79 Å². The minimum atomic E-state index is -0.0208. The molecule has 3 rings (SSSR count). The summed E-state index contributed by atoms with van der Waals surface area (Å²) in [4.78, 5) is 12.1. The number of fused-ring (bicyclic) bond motifs is 1. The van der Waals surface area contributed by atoms with Crippen LogP contribution in [0.2, 0.25) is 0 Å². The SMILES string of the molecule is O=c1c(Br)cc(Br)cn1CC1COc2ccccc21. The van der Waals surface area contributed by atoms with Crippen molar-refractivity contribution >= 4 is 31.9 Å². The molecule has 1 aliphatic heterocycles. The first-order chi connectivity index (χ1) is 9.15. The highest BCUT2D eigenvalue weighted by molar-refractivity contribution is 9.11. The summed E-state index contributed by atoms with van der Waals surface area (Å²) in [6.07, 6.45) is 1.81. The Morgan fingerprint density at radius 2 is 2.11 bits per heavy atom. The summed E-state index contributed by atoms with van der Waals surface area (Å²) in [6.45, 7) is 1.24. The number of para-hydroxylation sites is 1. The summed E-state index contributed by atoms with van der Waals surface area (Å²) in [7, 11) is 0. The van der Waals surface area contributed by atoms with Crippen molar-refractivity contribution in [2.75, 3.05) is 6.61 Å². The van der Waals surface area contributed by atoms with E-state index in [0.717, 1.165) is 10.2 Å². The van der Waals surface area contributed by atoms with E-state index >= 15 is 0 Å². The lowest BCUT2D eigenvalue weighted by molar-refractivity contribution is 0.318. The van der Waals surface area contributed by atoms with Crippen LogP contribution in [-0.2, 0) is 6.54 Å². The minimum Gasteiger partial charge on any atom is -0.493 e. The Morgan fingerprint density at radius 1 is 1.32 bits per heavy atom. The number of nitrogens with zero attached hydrogens (tertiary/aromatic N) is 1. The molecule has 0 saturated heterocycles. The van der Waals surface area contributed by atoms with Crippen LogP contribution < -0.4 is 10.3 Å². The zero-order valence-electron chi connectivity index (χ0n) is 9.98. The van der Waals surface area contributed by atoms with Gasteiger partial charge < -0.3 is 9.30 Å². The second kappa shape index (κ2) is 5.13. The van der Waals surface area contributed by atoms with Gasteiger partial charge in [-0.1, -0.05) is 18.2 Å². The fourth-order valence-corrected chi connectivity index (χ4v) is 3.58. The minimum absolute atomic E-state index is 0.0208. The molecule has 2 aromatic rings. The maximum atomic E-state index is 12.1. The molecule has 5 heteroatoms. The molecule has 0 fully saturated rings. The van der Waals surface area contributed by atoms with Crippen molar-refractivity contribution in [2.24, 2.45) is 0 Å². The number of aromatic nitrogens is 1. The highest BCUT2D eigenvalue weighted by Crippen LogP contribution is 2.34. The number of rotatable bonds is 2. The summed E-state index contributed by atoms with van der Waals surface area (Å²) < 4.78 is 8.80. The number of pyridine rings is 1. The highest BCUT2D eigenvalue weighted by Gasteiger charge is 2.24. The Morgan fingerprint density at radius 3 is 2.95 bits per heavy atom. The Hall–Kier alpha value is -1.07. The summed E-state index contributed by atoms with van der Waals surface area (Å²) in [6, 6.07) is 9.75. The van der Waals surface area contributed by atoms with E-state index in [1.807, 2.05) is 24.4 Å². The van der Waals surface area contributed by atoms with E-state index in [0.29, 0.717) is 17.6 Å². The maximum absolute atomic E-state index is 12.1. The van der Waals surface area contributed by atoms with E-state index in [2.05, 4.69) is 37.9 Å². The fraction of sp³-hybridized carbons (Fsp3) is 0.214. The molecule has 1 aromatic heterocycles. The van der Waals surface area contributed by atoms with Crippen molar-refractivity contribution in [3.63, 3.8) is 0 Å². The van der Waals surface area contributed by atoms with Gasteiger partial charge in [0.1, 0.15) is 5.75 Å². The number of benzene rings is 1. The second-order valence-electron chi connectivity index (χ2n) is 4.51. The number of halogens is 2. The zero-order valence-corrected chi connectivity index (χ0v) is 13.1. The molecule has 0 saturated carbocycles. The zero-order chi connectivity index (χ0) is 13.4. The number of ether oxygens (including phenoxy) is 1. The normalized spacial score (nSPS) is 17.1. The highest BCUT2D eigenvalue weighted by atomic mass is 79.9. The lowest BCUT2D eigenvalue weighted by Crippen LogP contribution is -2.24. The average Bonchev–Trinajstić information content (AvgIpc) is 2.79. The van der Waals surface area contributed by atoms with Gasteiger partial charge in [0.25, 0.3) is 5.56 Å². The maximum Gasteiger partial charge on any atom is 0.264 e. The van der Waals surface area contributed by atoms with Crippen LogP contribution in [0.3, 0.4) is 0 Å². The monoisotopic (exact) mass is 383 g/mol. The summed E-state index contributed by atoms with van der Waals surface area (Å²) in [5.41, 5.74) is 1.15. The Labute approximate surface area is 127 Å². The largest absolute Gasteiger partial charge is 0.493 e. The van der Waals surface area contributed by atoms with Gasteiger partial charge in [-0.25, -0.2) is 0 Å². The topological polar surface area (TPSA) is 31.2 Å². The Kier molecular flexibility index (Phi) is 3.50. The fourth-order valence-electron chi connectivity index (χ4n) is 2.32.